The minimum atomic E-state index is -0.0195. The van der Waals surface area contributed by atoms with Gasteiger partial charge in [0.1, 0.15) is 0 Å². The van der Waals surface area contributed by atoms with Crippen molar-refractivity contribution in [1.82, 2.24) is 10.3 Å². The van der Waals surface area contributed by atoms with Crippen molar-refractivity contribution in [3.63, 3.8) is 0 Å². The molecule has 1 aliphatic rings. The quantitative estimate of drug-likeness (QED) is 0.896. The normalized spacial score (nSPS) is 22.1. The number of rotatable bonds is 3. The molecule has 1 aromatic carbocycles. The molecule has 0 aliphatic heterocycles. The van der Waals surface area contributed by atoms with Gasteiger partial charge >= 0.3 is 0 Å². The third kappa shape index (κ3) is 2.39. The summed E-state index contributed by atoms with van der Waals surface area (Å²) >= 11 is 0. The molecule has 3 N–H and O–H groups in total. The lowest BCUT2D eigenvalue weighted by molar-refractivity contribution is 0.0930. The van der Waals surface area contributed by atoms with Gasteiger partial charge in [-0.3, -0.25) is 9.78 Å². The highest BCUT2D eigenvalue weighted by molar-refractivity contribution is 6.06. The van der Waals surface area contributed by atoms with Gasteiger partial charge < -0.3 is 11.1 Å². The molecular weight excluding hydrogens is 250 g/mol. The molecule has 1 aliphatic carbocycles. The van der Waals surface area contributed by atoms with Gasteiger partial charge in [-0.15, -0.1) is 0 Å². The summed E-state index contributed by atoms with van der Waals surface area (Å²) in [6.07, 6.45) is 4.96. The maximum atomic E-state index is 12.5. The van der Waals surface area contributed by atoms with Gasteiger partial charge in [0.15, 0.2) is 0 Å². The number of aromatic nitrogens is 1. The van der Waals surface area contributed by atoms with E-state index in [4.69, 9.17) is 5.73 Å². The average Bonchev–Trinajstić information content (AvgIpc) is 2.93. The largest absolute Gasteiger partial charge is 0.349 e. The molecule has 0 saturated heterocycles. The number of nitrogens with zero attached hydrogens (tertiary/aromatic N) is 1. The average molecular weight is 269 g/mol. The van der Waals surface area contributed by atoms with E-state index in [-0.39, 0.29) is 11.9 Å². The summed E-state index contributed by atoms with van der Waals surface area (Å²) in [6.45, 7) is 0.641. The second-order valence-electron chi connectivity index (χ2n) is 5.38. The molecule has 2 aromatic rings. The zero-order valence-electron chi connectivity index (χ0n) is 11.4. The first-order valence-corrected chi connectivity index (χ1v) is 7.14. The number of nitrogens with two attached hydrogens (primary N) is 1. The Bertz CT molecular complexity index is 621. The Morgan fingerprint density at radius 2 is 2.15 bits per heavy atom. The van der Waals surface area contributed by atoms with Crippen LogP contribution >= 0.6 is 0 Å². The summed E-state index contributed by atoms with van der Waals surface area (Å²) in [4.78, 5) is 16.8. The molecule has 2 atom stereocenters. The maximum Gasteiger partial charge on any atom is 0.252 e. The Morgan fingerprint density at radius 1 is 1.30 bits per heavy atom. The van der Waals surface area contributed by atoms with Crippen LogP contribution in [0.5, 0.6) is 0 Å². The van der Waals surface area contributed by atoms with Crippen molar-refractivity contribution in [2.75, 3.05) is 6.54 Å². The lowest BCUT2D eigenvalue weighted by Gasteiger charge is -2.19. The third-order valence-electron chi connectivity index (χ3n) is 4.17. The van der Waals surface area contributed by atoms with Crippen molar-refractivity contribution < 1.29 is 4.79 Å². The van der Waals surface area contributed by atoms with Gasteiger partial charge in [-0.1, -0.05) is 24.6 Å². The van der Waals surface area contributed by atoms with E-state index in [9.17, 15) is 4.79 Å². The second kappa shape index (κ2) is 5.59. The van der Waals surface area contributed by atoms with Crippen LogP contribution in [0.3, 0.4) is 0 Å². The maximum absolute atomic E-state index is 12.5. The van der Waals surface area contributed by atoms with E-state index in [2.05, 4.69) is 10.3 Å². The highest BCUT2D eigenvalue weighted by Gasteiger charge is 2.27. The molecule has 2 unspecified atom stereocenters. The number of hydrogen-bond acceptors (Lipinski definition) is 3. The highest BCUT2D eigenvalue weighted by atomic mass is 16.1. The molecule has 0 bridgehead atoms. The van der Waals surface area contributed by atoms with Crippen LogP contribution in [-0.4, -0.2) is 23.5 Å². The van der Waals surface area contributed by atoms with Crippen LogP contribution in [-0.2, 0) is 0 Å². The van der Waals surface area contributed by atoms with Crippen molar-refractivity contribution in [2.45, 2.75) is 25.3 Å². The molecule has 4 heteroatoms. The monoisotopic (exact) mass is 269 g/mol. The summed E-state index contributed by atoms with van der Waals surface area (Å²) in [7, 11) is 0. The minimum absolute atomic E-state index is 0.0195. The SMILES string of the molecule is NCC1CCCC1NC(=O)c1ccnc2ccccc12. The zero-order chi connectivity index (χ0) is 13.9. The number of hydrogen-bond donors (Lipinski definition) is 2. The topological polar surface area (TPSA) is 68.0 Å². The molecule has 104 valence electrons. The molecule has 0 spiro atoms. The summed E-state index contributed by atoms with van der Waals surface area (Å²) in [5, 5.41) is 4.04. The molecule has 1 aromatic heterocycles. The van der Waals surface area contributed by atoms with Gasteiger partial charge in [0.2, 0.25) is 0 Å². The summed E-state index contributed by atoms with van der Waals surface area (Å²) in [5.41, 5.74) is 7.31. The number of pyridine rings is 1. The van der Waals surface area contributed by atoms with Crippen LogP contribution in [0.4, 0.5) is 0 Å². The lowest BCUT2D eigenvalue weighted by atomic mass is 10.0. The number of nitrogens with one attached hydrogen (secondary N) is 1. The Balaban J connectivity index is 1.86. The molecule has 1 saturated carbocycles. The predicted octanol–water partition coefficient (Wildman–Crippen LogP) is 2.09. The minimum Gasteiger partial charge on any atom is -0.349 e. The number of fused-ring (bicyclic) bond motifs is 1. The van der Waals surface area contributed by atoms with E-state index in [1.807, 2.05) is 24.3 Å². The highest BCUT2D eigenvalue weighted by Crippen LogP contribution is 2.25. The number of para-hydroxylation sites is 1. The summed E-state index contributed by atoms with van der Waals surface area (Å²) < 4.78 is 0. The van der Waals surface area contributed by atoms with Gasteiger partial charge in [-0.05, 0) is 37.4 Å². The van der Waals surface area contributed by atoms with Crippen molar-refractivity contribution in [3.8, 4) is 0 Å². The van der Waals surface area contributed by atoms with Crippen molar-refractivity contribution >= 4 is 16.8 Å². The fraction of sp³-hybridized carbons (Fsp3) is 0.375. The van der Waals surface area contributed by atoms with Gasteiger partial charge in [0.05, 0.1) is 11.1 Å². The number of carbonyl (C=O) groups is 1. The van der Waals surface area contributed by atoms with Gasteiger partial charge in [0, 0.05) is 17.6 Å². The number of benzene rings is 1. The van der Waals surface area contributed by atoms with E-state index < -0.39 is 0 Å². The van der Waals surface area contributed by atoms with E-state index in [1.54, 1.807) is 12.3 Å². The molecule has 1 heterocycles. The van der Waals surface area contributed by atoms with Gasteiger partial charge in [0.25, 0.3) is 5.91 Å². The third-order valence-corrected chi connectivity index (χ3v) is 4.17. The van der Waals surface area contributed by atoms with Crippen LogP contribution in [0.15, 0.2) is 36.5 Å². The fourth-order valence-electron chi connectivity index (χ4n) is 3.05. The molecule has 1 amide bonds. The zero-order valence-corrected chi connectivity index (χ0v) is 11.4. The van der Waals surface area contributed by atoms with E-state index in [0.717, 1.165) is 30.2 Å². The Morgan fingerprint density at radius 3 is 3.00 bits per heavy atom. The molecule has 0 radical (unpaired) electrons. The number of carbonyl (C=O) groups excluding carboxylic acids is 1. The molecule has 20 heavy (non-hydrogen) atoms. The Kier molecular flexibility index (Phi) is 3.65. The molecule has 1 fully saturated rings. The van der Waals surface area contributed by atoms with Crippen molar-refractivity contribution in [2.24, 2.45) is 11.7 Å². The van der Waals surface area contributed by atoms with Crippen LogP contribution in [0, 0.1) is 5.92 Å². The predicted molar refractivity (Wildman–Crippen MR) is 79.4 cm³/mol. The van der Waals surface area contributed by atoms with Gasteiger partial charge in [-0.2, -0.15) is 0 Å². The second-order valence-corrected chi connectivity index (χ2v) is 5.38. The van der Waals surface area contributed by atoms with Crippen LogP contribution in [0.25, 0.3) is 10.9 Å². The van der Waals surface area contributed by atoms with E-state index >= 15 is 0 Å². The Hall–Kier alpha value is -1.94. The van der Waals surface area contributed by atoms with E-state index in [1.165, 1.54) is 0 Å². The first-order chi connectivity index (χ1) is 9.79. The molecule has 4 nitrogen and oxygen atoms in total. The van der Waals surface area contributed by atoms with Crippen molar-refractivity contribution in [1.29, 1.82) is 0 Å². The Labute approximate surface area is 118 Å². The standard InChI is InChI=1S/C16H19N3O/c17-10-11-4-3-7-14(11)19-16(20)13-8-9-18-15-6-2-1-5-12(13)15/h1-2,5-6,8-9,11,14H,3-4,7,10,17H2,(H,19,20). The summed E-state index contributed by atoms with van der Waals surface area (Å²) in [6, 6.07) is 9.71. The fourth-order valence-corrected chi connectivity index (χ4v) is 3.05. The van der Waals surface area contributed by atoms with Crippen LogP contribution < -0.4 is 11.1 Å². The van der Waals surface area contributed by atoms with E-state index in [0.29, 0.717) is 18.0 Å². The molecular formula is C16H19N3O. The van der Waals surface area contributed by atoms with Crippen molar-refractivity contribution in [3.05, 3.63) is 42.1 Å². The first kappa shape index (κ1) is 13.1. The smallest absolute Gasteiger partial charge is 0.252 e. The van der Waals surface area contributed by atoms with Crippen LogP contribution in [0.1, 0.15) is 29.6 Å². The van der Waals surface area contributed by atoms with Crippen LogP contribution in [0.2, 0.25) is 0 Å². The van der Waals surface area contributed by atoms with Gasteiger partial charge in [-0.25, -0.2) is 0 Å². The lowest BCUT2D eigenvalue weighted by Crippen LogP contribution is -2.39. The first-order valence-electron chi connectivity index (χ1n) is 7.14. The number of amides is 1. The molecule has 3 rings (SSSR count). The summed E-state index contributed by atoms with van der Waals surface area (Å²) in [5.74, 6) is 0.390.